The van der Waals surface area contributed by atoms with Gasteiger partial charge in [0.2, 0.25) is 5.91 Å². The predicted molar refractivity (Wildman–Crippen MR) is 97.7 cm³/mol. The van der Waals surface area contributed by atoms with E-state index < -0.39 is 5.60 Å². The summed E-state index contributed by atoms with van der Waals surface area (Å²) in [6.45, 7) is 2.69. The first-order valence-corrected chi connectivity index (χ1v) is 9.69. The summed E-state index contributed by atoms with van der Waals surface area (Å²) in [5.74, 6) is 0.567. The maximum Gasteiger partial charge on any atom is 0.255 e. The standard InChI is InChI=1S/C20H26N2O5/c23-18(21-11-15-12-25-9-10-26-15)14-5-7-20(8-6-14)13-22-19(24)16-3-1-2-4-17(16)27-20/h1-4,14-15H,5-13H2,(H,21,23)(H,22,24)/t14?,15-,20?/m1/s1. The van der Waals surface area contributed by atoms with E-state index in [1.54, 1.807) is 6.07 Å². The molecule has 2 aliphatic heterocycles. The molecule has 1 spiro atoms. The van der Waals surface area contributed by atoms with E-state index in [9.17, 15) is 9.59 Å². The molecule has 0 radical (unpaired) electrons. The molecule has 7 heteroatoms. The Morgan fingerprint density at radius 3 is 2.81 bits per heavy atom. The fraction of sp³-hybridized carbons (Fsp3) is 0.600. The van der Waals surface area contributed by atoms with E-state index in [1.807, 2.05) is 18.2 Å². The van der Waals surface area contributed by atoms with E-state index in [-0.39, 0.29) is 23.8 Å². The molecule has 2 amide bonds. The van der Waals surface area contributed by atoms with Crippen molar-refractivity contribution in [2.24, 2.45) is 5.92 Å². The van der Waals surface area contributed by atoms with Crippen molar-refractivity contribution in [2.75, 3.05) is 32.9 Å². The lowest BCUT2D eigenvalue weighted by Gasteiger charge is -2.39. The summed E-state index contributed by atoms with van der Waals surface area (Å²) < 4.78 is 17.2. The normalized spacial score (nSPS) is 30.6. The van der Waals surface area contributed by atoms with Crippen molar-refractivity contribution in [3.63, 3.8) is 0 Å². The Morgan fingerprint density at radius 1 is 1.22 bits per heavy atom. The molecule has 1 saturated carbocycles. The maximum atomic E-state index is 12.5. The summed E-state index contributed by atoms with van der Waals surface area (Å²) >= 11 is 0. The smallest absolute Gasteiger partial charge is 0.255 e. The van der Waals surface area contributed by atoms with E-state index in [0.29, 0.717) is 44.2 Å². The molecule has 2 N–H and O–H groups in total. The molecule has 0 bridgehead atoms. The van der Waals surface area contributed by atoms with E-state index in [1.165, 1.54) is 0 Å². The second-order valence-corrected chi connectivity index (χ2v) is 7.55. The van der Waals surface area contributed by atoms with E-state index in [0.717, 1.165) is 25.7 Å². The molecule has 4 rings (SSSR count). The van der Waals surface area contributed by atoms with Crippen molar-refractivity contribution in [1.29, 1.82) is 0 Å². The Bertz CT molecular complexity index is 693. The van der Waals surface area contributed by atoms with E-state index in [2.05, 4.69) is 10.6 Å². The van der Waals surface area contributed by atoms with Crippen molar-refractivity contribution in [3.05, 3.63) is 29.8 Å². The second-order valence-electron chi connectivity index (χ2n) is 7.55. The zero-order valence-corrected chi connectivity index (χ0v) is 15.4. The summed E-state index contributed by atoms with van der Waals surface area (Å²) in [7, 11) is 0. The summed E-state index contributed by atoms with van der Waals surface area (Å²) in [5.41, 5.74) is 0.142. The van der Waals surface area contributed by atoms with E-state index >= 15 is 0 Å². The lowest BCUT2D eigenvalue weighted by molar-refractivity contribution is -0.130. The monoisotopic (exact) mass is 374 g/mol. The molecule has 2 heterocycles. The van der Waals surface area contributed by atoms with Crippen LogP contribution in [0, 0.1) is 5.92 Å². The number of para-hydroxylation sites is 1. The summed E-state index contributed by atoms with van der Waals surface area (Å²) in [6.07, 6.45) is 2.90. The molecular weight excluding hydrogens is 348 g/mol. The summed E-state index contributed by atoms with van der Waals surface area (Å²) in [5, 5.41) is 5.97. The minimum atomic E-state index is -0.431. The molecule has 1 aromatic rings. The Kier molecular flexibility index (Phi) is 5.31. The van der Waals surface area contributed by atoms with Crippen LogP contribution in [0.1, 0.15) is 36.0 Å². The van der Waals surface area contributed by atoms with Crippen LogP contribution in [-0.2, 0) is 14.3 Å². The molecule has 146 valence electrons. The van der Waals surface area contributed by atoms with Gasteiger partial charge in [-0.3, -0.25) is 9.59 Å². The van der Waals surface area contributed by atoms with Gasteiger partial charge in [0.25, 0.3) is 5.91 Å². The average molecular weight is 374 g/mol. The van der Waals surface area contributed by atoms with Crippen molar-refractivity contribution in [3.8, 4) is 5.75 Å². The first-order valence-electron chi connectivity index (χ1n) is 9.69. The highest BCUT2D eigenvalue weighted by Gasteiger charge is 2.41. The molecule has 0 aromatic heterocycles. The molecule has 1 atom stereocenters. The lowest BCUT2D eigenvalue weighted by atomic mass is 9.78. The second kappa shape index (κ2) is 7.86. The zero-order valence-electron chi connectivity index (χ0n) is 15.4. The molecule has 3 aliphatic rings. The van der Waals surface area contributed by atoms with Crippen molar-refractivity contribution < 1.29 is 23.8 Å². The largest absolute Gasteiger partial charge is 0.485 e. The minimum absolute atomic E-state index is 0.0297. The quantitative estimate of drug-likeness (QED) is 0.832. The molecule has 7 nitrogen and oxygen atoms in total. The van der Waals surface area contributed by atoms with Gasteiger partial charge >= 0.3 is 0 Å². The van der Waals surface area contributed by atoms with E-state index in [4.69, 9.17) is 14.2 Å². The molecule has 1 saturated heterocycles. The molecule has 0 unspecified atom stereocenters. The number of ether oxygens (including phenoxy) is 3. The van der Waals surface area contributed by atoms with Gasteiger partial charge in [-0.1, -0.05) is 12.1 Å². The summed E-state index contributed by atoms with van der Waals surface area (Å²) in [4.78, 5) is 24.8. The van der Waals surface area contributed by atoms with Crippen LogP contribution in [0.3, 0.4) is 0 Å². The zero-order chi connectivity index (χ0) is 18.7. The van der Waals surface area contributed by atoms with Gasteiger partial charge in [-0.05, 0) is 37.8 Å². The minimum Gasteiger partial charge on any atom is -0.485 e. The van der Waals surface area contributed by atoms with Crippen molar-refractivity contribution in [2.45, 2.75) is 37.4 Å². The Morgan fingerprint density at radius 2 is 2.04 bits per heavy atom. The number of nitrogens with one attached hydrogen (secondary N) is 2. The number of carbonyl (C=O) groups is 2. The van der Waals surface area contributed by atoms with Crippen LogP contribution >= 0.6 is 0 Å². The van der Waals surface area contributed by atoms with Gasteiger partial charge in [-0.15, -0.1) is 0 Å². The molecule has 1 aromatic carbocycles. The van der Waals surface area contributed by atoms with Gasteiger partial charge in [0, 0.05) is 12.5 Å². The number of rotatable bonds is 3. The van der Waals surface area contributed by atoms with Crippen LogP contribution in [-0.4, -0.2) is 56.4 Å². The topological polar surface area (TPSA) is 85.9 Å². The van der Waals surface area contributed by atoms with Gasteiger partial charge < -0.3 is 24.8 Å². The average Bonchev–Trinajstić information content (AvgIpc) is 2.85. The number of fused-ring (bicyclic) bond motifs is 1. The van der Waals surface area contributed by atoms with Crippen molar-refractivity contribution in [1.82, 2.24) is 10.6 Å². The third kappa shape index (κ3) is 4.09. The van der Waals surface area contributed by atoms with Gasteiger partial charge in [-0.2, -0.15) is 0 Å². The molecular formula is C20H26N2O5. The fourth-order valence-corrected chi connectivity index (χ4v) is 4.05. The van der Waals surface area contributed by atoms with Crippen LogP contribution in [0.2, 0.25) is 0 Å². The molecule has 1 aliphatic carbocycles. The summed E-state index contributed by atoms with van der Waals surface area (Å²) in [6, 6.07) is 7.33. The van der Waals surface area contributed by atoms with Gasteiger partial charge in [-0.25, -0.2) is 0 Å². The Hall–Kier alpha value is -2.12. The molecule has 27 heavy (non-hydrogen) atoms. The number of hydrogen-bond donors (Lipinski definition) is 2. The maximum absolute atomic E-state index is 12.5. The van der Waals surface area contributed by atoms with Crippen LogP contribution in [0.25, 0.3) is 0 Å². The van der Waals surface area contributed by atoms with Crippen LogP contribution < -0.4 is 15.4 Å². The van der Waals surface area contributed by atoms with Gasteiger partial charge in [0.05, 0.1) is 38.0 Å². The van der Waals surface area contributed by atoms with Crippen LogP contribution in [0.5, 0.6) is 5.75 Å². The lowest BCUT2D eigenvalue weighted by Crippen LogP contribution is -2.50. The van der Waals surface area contributed by atoms with Crippen LogP contribution in [0.15, 0.2) is 24.3 Å². The number of carbonyl (C=O) groups excluding carboxylic acids is 2. The Balaban J connectivity index is 1.33. The van der Waals surface area contributed by atoms with Gasteiger partial charge in [0.15, 0.2) is 0 Å². The van der Waals surface area contributed by atoms with Gasteiger partial charge in [0.1, 0.15) is 11.4 Å². The highest BCUT2D eigenvalue weighted by Crippen LogP contribution is 2.38. The number of hydrogen-bond acceptors (Lipinski definition) is 5. The predicted octanol–water partition coefficient (Wildman–Crippen LogP) is 1.27. The first kappa shape index (κ1) is 18.3. The number of amides is 2. The first-order chi connectivity index (χ1) is 13.2. The fourth-order valence-electron chi connectivity index (χ4n) is 4.05. The SMILES string of the molecule is O=C1NCC2(CCC(C(=O)NC[C@@H]3COCCO3)CC2)Oc2ccccc21. The highest BCUT2D eigenvalue weighted by molar-refractivity contribution is 5.97. The van der Waals surface area contributed by atoms with Crippen LogP contribution in [0.4, 0.5) is 0 Å². The third-order valence-corrected chi connectivity index (χ3v) is 5.69. The molecule has 2 fully saturated rings. The highest BCUT2D eigenvalue weighted by atomic mass is 16.6. The van der Waals surface area contributed by atoms with Crippen molar-refractivity contribution >= 4 is 11.8 Å². The Labute approximate surface area is 158 Å². The number of benzene rings is 1. The third-order valence-electron chi connectivity index (χ3n) is 5.69.